The molecule has 3 aromatic rings. The number of carbonyl (C=O) groups excluding carboxylic acids is 1. The van der Waals surface area contributed by atoms with Gasteiger partial charge in [0.25, 0.3) is 0 Å². The minimum Gasteiger partial charge on any atom is -0.406 e. The summed E-state index contributed by atoms with van der Waals surface area (Å²) in [5, 5.41) is 8.57. The van der Waals surface area contributed by atoms with Crippen LogP contribution in [0.15, 0.2) is 47.8 Å². The van der Waals surface area contributed by atoms with Crippen LogP contribution in [0.1, 0.15) is 19.3 Å². The van der Waals surface area contributed by atoms with Crippen molar-refractivity contribution in [2.75, 3.05) is 49.5 Å². The molecule has 36 heavy (non-hydrogen) atoms. The molecule has 2 N–H and O–H groups in total. The van der Waals surface area contributed by atoms with E-state index in [9.17, 15) is 22.4 Å². The summed E-state index contributed by atoms with van der Waals surface area (Å²) in [4.78, 5) is 16.8. The third kappa shape index (κ3) is 7.47. The van der Waals surface area contributed by atoms with Crippen LogP contribution < -0.4 is 20.3 Å². The van der Waals surface area contributed by atoms with E-state index in [-0.39, 0.29) is 11.6 Å². The molecule has 4 rings (SSSR count). The first-order valence-electron chi connectivity index (χ1n) is 11.8. The summed E-state index contributed by atoms with van der Waals surface area (Å²) in [5.74, 6) is -0.553. The van der Waals surface area contributed by atoms with E-state index in [0.29, 0.717) is 12.2 Å². The van der Waals surface area contributed by atoms with Gasteiger partial charge in [-0.1, -0.05) is 0 Å². The van der Waals surface area contributed by atoms with Gasteiger partial charge in [0, 0.05) is 47.3 Å². The van der Waals surface area contributed by atoms with E-state index in [2.05, 4.69) is 30.6 Å². The van der Waals surface area contributed by atoms with E-state index in [1.165, 1.54) is 23.9 Å². The molecular formula is C25H28F4N4O2S. The summed E-state index contributed by atoms with van der Waals surface area (Å²) >= 11 is 1.57. The molecule has 2 amide bonds. The van der Waals surface area contributed by atoms with Crippen molar-refractivity contribution in [2.24, 2.45) is 0 Å². The molecule has 1 aliphatic rings. The molecule has 6 nitrogen and oxygen atoms in total. The van der Waals surface area contributed by atoms with Crippen LogP contribution >= 0.6 is 11.3 Å². The average molecular weight is 525 g/mol. The highest BCUT2D eigenvalue weighted by Crippen LogP contribution is 2.34. The predicted octanol–water partition coefficient (Wildman–Crippen LogP) is 6.05. The number of fused-ring (bicyclic) bond motifs is 1. The van der Waals surface area contributed by atoms with Crippen LogP contribution in [0.2, 0.25) is 0 Å². The van der Waals surface area contributed by atoms with E-state index < -0.39 is 12.4 Å². The summed E-state index contributed by atoms with van der Waals surface area (Å²) in [6.07, 6.45) is -1.96. The average Bonchev–Trinajstić information content (AvgIpc) is 3.09. The number of rotatable bonds is 8. The van der Waals surface area contributed by atoms with Crippen molar-refractivity contribution in [3.63, 3.8) is 0 Å². The fourth-order valence-corrected chi connectivity index (χ4v) is 5.24. The van der Waals surface area contributed by atoms with Crippen molar-refractivity contribution in [2.45, 2.75) is 25.6 Å². The zero-order chi connectivity index (χ0) is 25.5. The van der Waals surface area contributed by atoms with Crippen molar-refractivity contribution < 1.29 is 27.1 Å². The van der Waals surface area contributed by atoms with E-state index in [4.69, 9.17) is 0 Å². The molecule has 11 heteroatoms. The first kappa shape index (κ1) is 26.0. The number of thiophene rings is 1. The Balaban J connectivity index is 1.13. The molecule has 0 saturated carbocycles. The molecule has 0 unspecified atom stereocenters. The highest BCUT2D eigenvalue weighted by Gasteiger charge is 2.31. The highest BCUT2D eigenvalue weighted by atomic mass is 32.1. The summed E-state index contributed by atoms with van der Waals surface area (Å²) in [6.45, 7) is 5.27. The van der Waals surface area contributed by atoms with Gasteiger partial charge in [-0.2, -0.15) is 0 Å². The number of hydrogen-bond donors (Lipinski definition) is 2. The monoisotopic (exact) mass is 524 g/mol. The number of nitrogens with zero attached hydrogens (tertiary/aromatic N) is 2. The van der Waals surface area contributed by atoms with E-state index in [1.807, 2.05) is 6.07 Å². The van der Waals surface area contributed by atoms with E-state index in [1.54, 1.807) is 17.4 Å². The molecule has 1 fully saturated rings. The number of carbonyl (C=O) groups is 1. The molecule has 0 spiro atoms. The second kappa shape index (κ2) is 11.8. The Morgan fingerprint density at radius 1 is 1.03 bits per heavy atom. The quantitative estimate of drug-likeness (QED) is 0.278. The smallest absolute Gasteiger partial charge is 0.406 e. The van der Waals surface area contributed by atoms with Gasteiger partial charge in [-0.3, -0.25) is 0 Å². The Bertz CT molecular complexity index is 1150. The summed E-state index contributed by atoms with van der Waals surface area (Å²) in [6, 6.07) is 9.54. The van der Waals surface area contributed by atoms with Gasteiger partial charge in [0.2, 0.25) is 0 Å². The zero-order valence-corrected chi connectivity index (χ0v) is 20.4. The van der Waals surface area contributed by atoms with Gasteiger partial charge in [-0.25, -0.2) is 9.18 Å². The number of urea groups is 1. The highest BCUT2D eigenvalue weighted by molar-refractivity contribution is 7.17. The Morgan fingerprint density at radius 3 is 2.61 bits per heavy atom. The Kier molecular flexibility index (Phi) is 8.52. The molecule has 194 valence electrons. The van der Waals surface area contributed by atoms with Gasteiger partial charge < -0.3 is 25.2 Å². The van der Waals surface area contributed by atoms with Crippen molar-refractivity contribution >= 4 is 38.8 Å². The number of benzene rings is 2. The molecule has 0 radical (unpaired) electrons. The molecule has 2 aromatic carbocycles. The van der Waals surface area contributed by atoms with Gasteiger partial charge in [0.05, 0.1) is 5.69 Å². The number of amides is 2. The minimum absolute atomic E-state index is 0.210. The zero-order valence-electron chi connectivity index (χ0n) is 19.6. The van der Waals surface area contributed by atoms with Crippen LogP contribution in [0.5, 0.6) is 5.75 Å². The standard InChI is InChI=1S/C25H28F4N4O2S/c26-18-4-9-21-22(17-36-23(21)16-18)33-13-3-12-32(14-15-33)11-2-1-10-30-24(34)31-19-5-7-20(8-6-19)35-25(27,28)29/h4-9,16-17H,1-3,10-15H2,(H2,30,31,34). The molecule has 2 heterocycles. The Labute approximate surface area is 210 Å². The van der Waals surface area contributed by atoms with Crippen LogP contribution in [0.4, 0.5) is 33.7 Å². The van der Waals surface area contributed by atoms with E-state index in [0.717, 1.165) is 74.2 Å². The fourth-order valence-electron chi connectivity index (χ4n) is 4.25. The second-order valence-corrected chi connectivity index (χ2v) is 9.52. The number of halogens is 4. The number of alkyl halides is 3. The van der Waals surface area contributed by atoms with Gasteiger partial charge in [0.1, 0.15) is 11.6 Å². The normalized spacial score (nSPS) is 15.1. The molecule has 0 atom stereocenters. The van der Waals surface area contributed by atoms with Crippen LogP contribution in [0.25, 0.3) is 10.1 Å². The van der Waals surface area contributed by atoms with Gasteiger partial charge in [-0.05, 0) is 74.8 Å². The summed E-state index contributed by atoms with van der Waals surface area (Å²) in [7, 11) is 0. The molecule has 1 aliphatic heterocycles. The fraction of sp³-hybridized carbons (Fsp3) is 0.400. The first-order valence-corrected chi connectivity index (χ1v) is 12.7. The minimum atomic E-state index is -4.75. The van der Waals surface area contributed by atoms with Crippen molar-refractivity contribution in [3.05, 3.63) is 53.7 Å². The maximum Gasteiger partial charge on any atom is 0.573 e. The van der Waals surface area contributed by atoms with Crippen LogP contribution in [-0.2, 0) is 0 Å². The number of anilines is 2. The number of hydrogen-bond acceptors (Lipinski definition) is 5. The lowest BCUT2D eigenvalue weighted by atomic mass is 10.2. The molecule has 1 saturated heterocycles. The SMILES string of the molecule is O=C(NCCCCN1CCCN(c2csc3cc(F)ccc23)CC1)Nc1ccc(OC(F)(F)F)cc1. The molecule has 0 aliphatic carbocycles. The summed E-state index contributed by atoms with van der Waals surface area (Å²) < 4.78 is 54.9. The van der Waals surface area contributed by atoms with Crippen LogP contribution in [0, 0.1) is 5.82 Å². The predicted molar refractivity (Wildman–Crippen MR) is 134 cm³/mol. The number of nitrogens with one attached hydrogen (secondary N) is 2. The third-order valence-electron chi connectivity index (χ3n) is 5.98. The maximum atomic E-state index is 13.5. The maximum absolute atomic E-state index is 13.5. The Hall–Kier alpha value is -3.05. The summed E-state index contributed by atoms with van der Waals surface area (Å²) in [5.41, 5.74) is 1.55. The van der Waals surface area contributed by atoms with Crippen molar-refractivity contribution in [1.29, 1.82) is 0 Å². The molecular weight excluding hydrogens is 496 g/mol. The largest absolute Gasteiger partial charge is 0.573 e. The second-order valence-electron chi connectivity index (χ2n) is 8.60. The van der Waals surface area contributed by atoms with Crippen molar-refractivity contribution in [1.82, 2.24) is 10.2 Å². The van der Waals surface area contributed by atoms with Crippen LogP contribution in [0.3, 0.4) is 0 Å². The van der Waals surface area contributed by atoms with Gasteiger partial charge in [0.15, 0.2) is 0 Å². The number of unbranched alkanes of at least 4 members (excludes halogenated alkanes) is 1. The van der Waals surface area contributed by atoms with Crippen molar-refractivity contribution in [3.8, 4) is 5.75 Å². The van der Waals surface area contributed by atoms with Crippen LogP contribution in [-0.4, -0.2) is 56.6 Å². The number of ether oxygens (including phenoxy) is 1. The Morgan fingerprint density at radius 2 is 1.83 bits per heavy atom. The topological polar surface area (TPSA) is 56.8 Å². The van der Waals surface area contributed by atoms with Gasteiger partial charge in [-0.15, -0.1) is 24.5 Å². The lowest BCUT2D eigenvalue weighted by Crippen LogP contribution is -2.32. The molecule has 1 aromatic heterocycles. The lowest BCUT2D eigenvalue weighted by Gasteiger charge is -2.23. The van der Waals surface area contributed by atoms with E-state index >= 15 is 0 Å². The lowest BCUT2D eigenvalue weighted by molar-refractivity contribution is -0.274. The first-order chi connectivity index (χ1) is 17.3. The van der Waals surface area contributed by atoms with Gasteiger partial charge >= 0.3 is 12.4 Å². The molecule has 0 bridgehead atoms. The third-order valence-corrected chi connectivity index (χ3v) is 6.91.